The zero-order chi connectivity index (χ0) is 14.5. The molecular formula is C16H25BrN2O. The molecule has 0 aliphatic carbocycles. The van der Waals surface area contributed by atoms with E-state index < -0.39 is 0 Å². The van der Waals surface area contributed by atoms with Crippen molar-refractivity contribution in [3.05, 3.63) is 22.7 Å². The zero-order valence-electron chi connectivity index (χ0n) is 12.7. The number of nitrogens with one attached hydrogen (secondary N) is 1. The second kappa shape index (κ2) is 7.32. The van der Waals surface area contributed by atoms with E-state index in [4.69, 9.17) is 4.74 Å². The Morgan fingerprint density at radius 2 is 2.25 bits per heavy atom. The van der Waals surface area contributed by atoms with E-state index in [2.05, 4.69) is 52.1 Å². The molecule has 1 heterocycles. The van der Waals surface area contributed by atoms with Gasteiger partial charge in [-0.05, 0) is 65.5 Å². The van der Waals surface area contributed by atoms with Gasteiger partial charge in [0.25, 0.3) is 0 Å². The molecule has 1 saturated heterocycles. The van der Waals surface area contributed by atoms with E-state index in [0.29, 0.717) is 0 Å². The van der Waals surface area contributed by atoms with Crippen molar-refractivity contribution in [3.8, 4) is 5.75 Å². The molecule has 4 heteroatoms. The second-order valence-electron chi connectivity index (χ2n) is 5.97. The number of methoxy groups -OCH3 is 1. The molecule has 0 aromatic heterocycles. The summed E-state index contributed by atoms with van der Waals surface area (Å²) in [6.45, 7) is 9.04. The highest BCUT2D eigenvalue weighted by Gasteiger charge is 2.22. The van der Waals surface area contributed by atoms with E-state index in [9.17, 15) is 0 Å². The number of ether oxygens (including phenoxy) is 1. The smallest absolute Gasteiger partial charge is 0.133 e. The highest BCUT2D eigenvalue weighted by molar-refractivity contribution is 9.10. The monoisotopic (exact) mass is 340 g/mol. The van der Waals surface area contributed by atoms with Gasteiger partial charge >= 0.3 is 0 Å². The van der Waals surface area contributed by atoms with Crippen molar-refractivity contribution < 1.29 is 4.74 Å². The van der Waals surface area contributed by atoms with Crippen molar-refractivity contribution in [3.63, 3.8) is 0 Å². The maximum atomic E-state index is 5.28. The highest BCUT2D eigenvalue weighted by atomic mass is 79.9. The highest BCUT2D eigenvalue weighted by Crippen LogP contribution is 2.31. The van der Waals surface area contributed by atoms with Crippen LogP contribution < -0.4 is 15.0 Å². The molecule has 1 atom stereocenters. The van der Waals surface area contributed by atoms with E-state index in [1.165, 1.54) is 12.1 Å². The summed E-state index contributed by atoms with van der Waals surface area (Å²) in [5, 5.41) is 3.57. The Bertz CT molecular complexity index is 436. The fourth-order valence-electron chi connectivity index (χ4n) is 2.66. The maximum absolute atomic E-state index is 5.28. The van der Waals surface area contributed by atoms with Crippen molar-refractivity contribution >= 4 is 21.6 Å². The van der Waals surface area contributed by atoms with Gasteiger partial charge in [-0.25, -0.2) is 0 Å². The van der Waals surface area contributed by atoms with Gasteiger partial charge in [0.1, 0.15) is 5.75 Å². The van der Waals surface area contributed by atoms with Gasteiger partial charge in [0.2, 0.25) is 0 Å². The van der Waals surface area contributed by atoms with Gasteiger partial charge in [0, 0.05) is 18.8 Å². The van der Waals surface area contributed by atoms with Gasteiger partial charge in [-0.1, -0.05) is 13.8 Å². The number of rotatable bonds is 6. The molecule has 112 valence electrons. The van der Waals surface area contributed by atoms with Crippen LogP contribution in [0, 0.1) is 11.8 Å². The zero-order valence-corrected chi connectivity index (χ0v) is 14.2. The first-order valence-electron chi connectivity index (χ1n) is 7.39. The molecular weight excluding hydrogens is 316 g/mol. The molecule has 1 aliphatic heterocycles. The Morgan fingerprint density at radius 3 is 2.90 bits per heavy atom. The van der Waals surface area contributed by atoms with E-state index in [-0.39, 0.29) is 0 Å². The van der Waals surface area contributed by atoms with E-state index in [0.717, 1.165) is 48.2 Å². The normalized spacial score (nSPS) is 18.9. The molecule has 1 fully saturated rings. The van der Waals surface area contributed by atoms with Gasteiger partial charge in [-0.3, -0.25) is 0 Å². The van der Waals surface area contributed by atoms with Crippen molar-refractivity contribution in [2.75, 3.05) is 38.2 Å². The number of halogens is 1. The summed E-state index contributed by atoms with van der Waals surface area (Å²) < 4.78 is 6.31. The summed E-state index contributed by atoms with van der Waals surface area (Å²) in [5.74, 6) is 2.38. The average molecular weight is 341 g/mol. The molecule has 0 amide bonds. The fourth-order valence-corrected chi connectivity index (χ4v) is 3.19. The van der Waals surface area contributed by atoms with E-state index in [1.807, 2.05) is 6.07 Å². The molecule has 1 unspecified atom stereocenters. The van der Waals surface area contributed by atoms with Crippen molar-refractivity contribution in [1.82, 2.24) is 5.32 Å². The Kier molecular flexibility index (Phi) is 5.73. The Morgan fingerprint density at radius 1 is 1.45 bits per heavy atom. The molecule has 1 aliphatic rings. The molecule has 1 N–H and O–H groups in total. The first-order valence-corrected chi connectivity index (χ1v) is 8.18. The van der Waals surface area contributed by atoms with Gasteiger partial charge in [0.05, 0.1) is 11.6 Å². The largest absolute Gasteiger partial charge is 0.496 e. The van der Waals surface area contributed by atoms with Crippen LogP contribution in [-0.4, -0.2) is 33.3 Å². The van der Waals surface area contributed by atoms with Crippen LogP contribution >= 0.6 is 15.9 Å². The third kappa shape index (κ3) is 4.13. The average Bonchev–Trinajstić information content (AvgIpc) is 2.87. The first kappa shape index (κ1) is 15.6. The SMILES string of the molecule is COc1ccc(N2CCC(CNCC(C)C)C2)cc1Br. The van der Waals surface area contributed by atoms with Crippen LogP contribution in [0.4, 0.5) is 5.69 Å². The van der Waals surface area contributed by atoms with Gasteiger partial charge < -0.3 is 15.0 Å². The number of hydrogen-bond donors (Lipinski definition) is 1. The third-order valence-corrected chi connectivity index (χ3v) is 4.39. The lowest BCUT2D eigenvalue weighted by Gasteiger charge is -2.20. The van der Waals surface area contributed by atoms with Crippen molar-refractivity contribution in [1.29, 1.82) is 0 Å². The fraction of sp³-hybridized carbons (Fsp3) is 0.625. The molecule has 3 nitrogen and oxygen atoms in total. The second-order valence-corrected chi connectivity index (χ2v) is 6.83. The molecule has 1 aromatic carbocycles. The molecule has 0 bridgehead atoms. The predicted octanol–water partition coefficient (Wildman–Crippen LogP) is 3.53. The van der Waals surface area contributed by atoms with E-state index >= 15 is 0 Å². The Balaban J connectivity index is 1.87. The summed E-state index contributed by atoms with van der Waals surface area (Å²) >= 11 is 3.56. The van der Waals surface area contributed by atoms with Crippen molar-refractivity contribution in [2.45, 2.75) is 20.3 Å². The van der Waals surface area contributed by atoms with Crippen LogP contribution in [0.1, 0.15) is 20.3 Å². The lowest BCUT2D eigenvalue weighted by molar-refractivity contribution is 0.412. The molecule has 0 spiro atoms. The van der Waals surface area contributed by atoms with Gasteiger partial charge in [-0.15, -0.1) is 0 Å². The van der Waals surface area contributed by atoms with Crippen LogP contribution in [-0.2, 0) is 0 Å². The Labute approximate surface area is 130 Å². The topological polar surface area (TPSA) is 24.5 Å². The summed E-state index contributed by atoms with van der Waals surface area (Å²) in [4.78, 5) is 2.46. The van der Waals surface area contributed by atoms with Crippen LogP contribution in [0.25, 0.3) is 0 Å². The maximum Gasteiger partial charge on any atom is 0.133 e. The number of benzene rings is 1. The number of nitrogens with zero attached hydrogens (tertiary/aromatic N) is 1. The standard InChI is InChI=1S/C16H25BrN2O/c1-12(2)9-18-10-13-6-7-19(11-13)14-4-5-16(20-3)15(17)8-14/h4-5,8,12-13,18H,6-7,9-11H2,1-3H3. The van der Waals surface area contributed by atoms with Crippen molar-refractivity contribution in [2.24, 2.45) is 11.8 Å². The first-order chi connectivity index (χ1) is 9.60. The van der Waals surface area contributed by atoms with Gasteiger partial charge in [-0.2, -0.15) is 0 Å². The van der Waals surface area contributed by atoms with Crippen LogP contribution in [0.2, 0.25) is 0 Å². The minimum Gasteiger partial charge on any atom is -0.496 e. The lowest BCUT2D eigenvalue weighted by Crippen LogP contribution is -2.28. The summed E-state index contributed by atoms with van der Waals surface area (Å²) in [6, 6.07) is 6.33. The predicted molar refractivity (Wildman–Crippen MR) is 88.7 cm³/mol. The summed E-state index contributed by atoms with van der Waals surface area (Å²) in [7, 11) is 1.70. The molecule has 0 saturated carbocycles. The summed E-state index contributed by atoms with van der Waals surface area (Å²) in [5.41, 5.74) is 1.28. The molecule has 1 aromatic rings. The lowest BCUT2D eigenvalue weighted by atomic mass is 10.1. The molecule has 0 radical (unpaired) electrons. The number of hydrogen-bond acceptors (Lipinski definition) is 3. The molecule has 2 rings (SSSR count). The number of anilines is 1. The minimum absolute atomic E-state index is 0.727. The van der Waals surface area contributed by atoms with Crippen LogP contribution in [0.5, 0.6) is 5.75 Å². The van der Waals surface area contributed by atoms with Gasteiger partial charge in [0.15, 0.2) is 0 Å². The quantitative estimate of drug-likeness (QED) is 0.857. The minimum atomic E-state index is 0.727. The third-order valence-electron chi connectivity index (χ3n) is 3.77. The molecule has 20 heavy (non-hydrogen) atoms. The van der Waals surface area contributed by atoms with Crippen LogP contribution in [0.15, 0.2) is 22.7 Å². The van der Waals surface area contributed by atoms with Crippen LogP contribution in [0.3, 0.4) is 0 Å². The summed E-state index contributed by atoms with van der Waals surface area (Å²) in [6.07, 6.45) is 1.27. The van der Waals surface area contributed by atoms with E-state index in [1.54, 1.807) is 7.11 Å². The Hall–Kier alpha value is -0.740.